The van der Waals surface area contributed by atoms with Crippen molar-refractivity contribution in [1.29, 1.82) is 0 Å². The summed E-state index contributed by atoms with van der Waals surface area (Å²) < 4.78 is 28.3. The molecule has 0 radical (unpaired) electrons. The van der Waals surface area contributed by atoms with Crippen molar-refractivity contribution in [3.05, 3.63) is 46.8 Å². The number of benzene rings is 1. The zero-order valence-corrected chi connectivity index (χ0v) is 14.4. The van der Waals surface area contributed by atoms with E-state index in [0.717, 1.165) is 33.9 Å². The number of aliphatic imine (C=N–C) groups is 1. The summed E-state index contributed by atoms with van der Waals surface area (Å²) in [4.78, 5) is 5.05. The van der Waals surface area contributed by atoms with Gasteiger partial charge in [0.15, 0.2) is 5.96 Å². The molecule has 1 unspecified atom stereocenters. The van der Waals surface area contributed by atoms with Crippen molar-refractivity contribution < 1.29 is 13.2 Å². The van der Waals surface area contributed by atoms with Gasteiger partial charge >= 0.3 is 0 Å². The van der Waals surface area contributed by atoms with Crippen molar-refractivity contribution in [2.75, 3.05) is 6.61 Å². The molecule has 1 aliphatic rings. The van der Waals surface area contributed by atoms with Crippen LogP contribution in [0.1, 0.15) is 22.9 Å². The van der Waals surface area contributed by atoms with Crippen molar-refractivity contribution in [1.82, 2.24) is 5.32 Å². The maximum absolute atomic E-state index is 11.3. The van der Waals surface area contributed by atoms with E-state index >= 15 is 0 Å². The Morgan fingerprint density at radius 1 is 1.33 bits per heavy atom. The molecule has 5 N–H and O–H groups in total. The van der Waals surface area contributed by atoms with E-state index in [9.17, 15) is 8.42 Å². The molecule has 0 saturated heterocycles. The Labute approximate surface area is 144 Å². The number of rotatable bonds is 4. The lowest BCUT2D eigenvalue weighted by atomic mass is 10.0. The first-order valence-corrected chi connectivity index (χ1v) is 9.69. The molecule has 0 amide bonds. The SMILES string of the molecule is NC(=NCc1ccc(S(N)(=O)=O)s1)NC1CCOc2ccccc21. The lowest BCUT2D eigenvalue weighted by Gasteiger charge is -2.26. The molecule has 1 atom stereocenters. The van der Waals surface area contributed by atoms with E-state index in [-0.39, 0.29) is 10.3 Å². The molecule has 0 aliphatic carbocycles. The van der Waals surface area contributed by atoms with Crippen molar-refractivity contribution in [3.63, 3.8) is 0 Å². The largest absolute Gasteiger partial charge is 0.493 e. The smallest absolute Gasteiger partial charge is 0.247 e. The second kappa shape index (κ2) is 6.80. The van der Waals surface area contributed by atoms with Gasteiger partial charge in [0.2, 0.25) is 10.0 Å². The molecule has 9 heteroatoms. The van der Waals surface area contributed by atoms with Crippen molar-refractivity contribution in [3.8, 4) is 5.75 Å². The number of hydrogen-bond acceptors (Lipinski definition) is 5. The molecule has 2 heterocycles. The molecular formula is C15H18N4O3S2. The molecule has 2 aromatic rings. The van der Waals surface area contributed by atoms with E-state index < -0.39 is 10.0 Å². The Kier molecular flexibility index (Phi) is 4.74. The average molecular weight is 366 g/mol. The van der Waals surface area contributed by atoms with E-state index in [1.807, 2.05) is 24.3 Å². The highest BCUT2D eigenvalue weighted by Gasteiger charge is 2.21. The number of hydrogen-bond donors (Lipinski definition) is 3. The van der Waals surface area contributed by atoms with Crippen LogP contribution in [0.25, 0.3) is 0 Å². The molecule has 0 saturated carbocycles. The quantitative estimate of drug-likeness (QED) is 0.557. The van der Waals surface area contributed by atoms with E-state index in [4.69, 9.17) is 15.6 Å². The number of nitrogens with zero attached hydrogens (tertiary/aromatic N) is 1. The van der Waals surface area contributed by atoms with Crippen LogP contribution in [0.2, 0.25) is 0 Å². The third-order valence-electron chi connectivity index (χ3n) is 3.60. The van der Waals surface area contributed by atoms with Gasteiger partial charge in [0, 0.05) is 16.9 Å². The number of guanidine groups is 1. The minimum atomic E-state index is -3.67. The molecule has 1 aromatic heterocycles. The van der Waals surface area contributed by atoms with Crippen LogP contribution < -0.4 is 20.9 Å². The Morgan fingerprint density at radius 2 is 2.12 bits per heavy atom. The van der Waals surface area contributed by atoms with Gasteiger partial charge in [0.25, 0.3) is 0 Å². The van der Waals surface area contributed by atoms with Crippen LogP contribution in [0.4, 0.5) is 0 Å². The molecule has 24 heavy (non-hydrogen) atoms. The molecule has 7 nitrogen and oxygen atoms in total. The molecule has 128 valence electrons. The van der Waals surface area contributed by atoms with Gasteiger partial charge in [-0.25, -0.2) is 18.5 Å². The predicted molar refractivity (Wildman–Crippen MR) is 93.4 cm³/mol. The van der Waals surface area contributed by atoms with Gasteiger partial charge in [-0.2, -0.15) is 0 Å². The number of fused-ring (bicyclic) bond motifs is 1. The van der Waals surface area contributed by atoms with Crippen molar-refractivity contribution >= 4 is 27.3 Å². The summed E-state index contributed by atoms with van der Waals surface area (Å²) >= 11 is 1.09. The highest BCUT2D eigenvalue weighted by Crippen LogP contribution is 2.31. The predicted octanol–water partition coefficient (Wildman–Crippen LogP) is 1.32. The Balaban J connectivity index is 1.66. The molecule has 0 bridgehead atoms. The minimum Gasteiger partial charge on any atom is -0.493 e. The third kappa shape index (κ3) is 3.86. The molecular weight excluding hydrogens is 348 g/mol. The summed E-state index contributed by atoms with van der Waals surface area (Å²) in [5.41, 5.74) is 7.01. The Hall–Kier alpha value is -2.10. The summed E-state index contributed by atoms with van der Waals surface area (Å²) in [7, 11) is -3.67. The fourth-order valence-corrected chi connectivity index (χ4v) is 4.18. The summed E-state index contributed by atoms with van der Waals surface area (Å²) in [6, 6.07) is 11.0. The van der Waals surface area contributed by atoms with Crippen LogP contribution in [-0.2, 0) is 16.6 Å². The second-order valence-electron chi connectivity index (χ2n) is 5.34. The summed E-state index contributed by atoms with van der Waals surface area (Å²) in [5.74, 6) is 1.16. The zero-order valence-electron chi connectivity index (χ0n) is 12.8. The number of thiophene rings is 1. The molecule has 0 spiro atoms. The van der Waals surface area contributed by atoms with Crippen LogP contribution in [0.15, 0.2) is 45.6 Å². The van der Waals surface area contributed by atoms with Crippen molar-refractivity contribution in [2.24, 2.45) is 15.9 Å². The molecule has 3 rings (SSSR count). The Morgan fingerprint density at radius 3 is 2.88 bits per heavy atom. The average Bonchev–Trinajstić information content (AvgIpc) is 3.03. The first kappa shape index (κ1) is 16.7. The normalized spacial score (nSPS) is 17.9. The zero-order chi connectivity index (χ0) is 17.2. The molecule has 1 aliphatic heterocycles. The number of nitrogens with one attached hydrogen (secondary N) is 1. The monoisotopic (exact) mass is 366 g/mol. The van der Waals surface area contributed by atoms with Crippen LogP contribution in [0.3, 0.4) is 0 Å². The summed E-state index contributed by atoms with van der Waals surface area (Å²) in [6.07, 6.45) is 0.793. The maximum atomic E-state index is 11.3. The minimum absolute atomic E-state index is 0.0435. The van der Waals surface area contributed by atoms with Gasteiger partial charge in [-0.3, -0.25) is 0 Å². The topological polar surface area (TPSA) is 120 Å². The number of ether oxygens (including phenoxy) is 1. The van der Waals surface area contributed by atoms with Gasteiger partial charge in [-0.05, 0) is 18.2 Å². The molecule has 1 aromatic carbocycles. The van der Waals surface area contributed by atoms with E-state index in [1.54, 1.807) is 6.07 Å². The third-order valence-corrected chi connectivity index (χ3v) is 6.11. The van der Waals surface area contributed by atoms with E-state index in [2.05, 4.69) is 10.3 Å². The standard InChI is InChI=1S/C15H18N4O3S2/c16-15(18-9-10-5-6-14(23-10)24(17,20)21)19-12-7-8-22-13-4-2-1-3-11(12)13/h1-6,12H,7-9H2,(H3,16,18,19)(H2,17,20,21). The van der Waals surface area contributed by atoms with Gasteiger partial charge in [-0.1, -0.05) is 18.2 Å². The highest BCUT2D eigenvalue weighted by molar-refractivity contribution is 7.91. The van der Waals surface area contributed by atoms with Gasteiger partial charge in [0.05, 0.1) is 19.2 Å². The van der Waals surface area contributed by atoms with Crippen LogP contribution in [0, 0.1) is 0 Å². The lowest BCUT2D eigenvalue weighted by Crippen LogP contribution is -2.37. The lowest BCUT2D eigenvalue weighted by molar-refractivity contribution is 0.262. The van der Waals surface area contributed by atoms with Crippen LogP contribution in [0.5, 0.6) is 5.75 Å². The fraction of sp³-hybridized carbons (Fsp3) is 0.267. The van der Waals surface area contributed by atoms with Crippen LogP contribution >= 0.6 is 11.3 Å². The first-order chi connectivity index (χ1) is 11.4. The fourth-order valence-electron chi connectivity index (χ4n) is 2.48. The summed E-state index contributed by atoms with van der Waals surface area (Å²) in [6.45, 7) is 0.911. The van der Waals surface area contributed by atoms with Crippen molar-refractivity contribution in [2.45, 2.75) is 23.2 Å². The van der Waals surface area contributed by atoms with Crippen LogP contribution in [-0.4, -0.2) is 21.0 Å². The van der Waals surface area contributed by atoms with Gasteiger partial charge in [-0.15, -0.1) is 11.3 Å². The van der Waals surface area contributed by atoms with E-state index in [0.29, 0.717) is 19.1 Å². The number of nitrogens with two attached hydrogens (primary N) is 2. The highest BCUT2D eigenvalue weighted by atomic mass is 32.2. The number of sulfonamides is 1. The summed E-state index contributed by atoms with van der Waals surface area (Å²) in [5, 5.41) is 8.28. The van der Waals surface area contributed by atoms with Gasteiger partial charge < -0.3 is 15.8 Å². The van der Waals surface area contributed by atoms with E-state index in [1.165, 1.54) is 6.07 Å². The van der Waals surface area contributed by atoms with Gasteiger partial charge in [0.1, 0.15) is 9.96 Å². The number of para-hydroxylation sites is 1. The molecule has 0 fully saturated rings. The number of primary sulfonamides is 1. The first-order valence-electron chi connectivity index (χ1n) is 7.33. The maximum Gasteiger partial charge on any atom is 0.247 e. The Bertz CT molecular complexity index is 861. The second-order valence-corrected chi connectivity index (χ2v) is 8.30.